The SMILES string of the molecule is CC1(C)OC2=C(C(=O)c3ccccc3C2=O)[C@H](CCCc2ccccc2)[C@@H]1O. The molecule has 1 heterocycles. The highest BCUT2D eigenvalue weighted by Crippen LogP contribution is 2.43. The van der Waals surface area contributed by atoms with Gasteiger partial charge >= 0.3 is 0 Å². The second-order valence-electron chi connectivity index (χ2n) is 8.08. The van der Waals surface area contributed by atoms with Crippen molar-refractivity contribution in [3.05, 3.63) is 82.6 Å². The van der Waals surface area contributed by atoms with Crippen molar-refractivity contribution in [1.82, 2.24) is 0 Å². The molecule has 0 saturated heterocycles. The molecule has 4 nitrogen and oxygen atoms in total. The molecule has 2 aliphatic rings. The van der Waals surface area contributed by atoms with Gasteiger partial charge in [0.1, 0.15) is 11.7 Å². The van der Waals surface area contributed by atoms with Crippen molar-refractivity contribution in [2.24, 2.45) is 5.92 Å². The lowest BCUT2D eigenvalue weighted by Gasteiger charge is -2.44. The van der Waals surface area contributed by atoms with Gasteiger partial charge in [0.25, 0.3) is 0 Å². The van der Waals surface area contributed by atoms with Gasteiger partial charge in [-0.05, 0) is 38.7 Å². The smallest absolute Gasteiger partial charge is 0.228 e. The van der Waals surface area contributed by atoms with Crippen molar-refractivity contribution in [2.45, 2.75) is 44.8 Å². The second-order valence-corrected chi connectivity index (χ2v) is 8.08. The predicted molar refractivity (Wildman–Crippen MR) is 106 cm³/mol. The van der Waals surface area contributed by atoms with Crippen LogP contribution in [0.15, 0.2) is 65.9 Å². The number of benzene rings is 2. The van der Waals surface area contributed by atoms with Gasteiger partial charge in [0, 0.05) is 17.0 Å². The molecule has 0 unspecified atom stereocenters. The summed E-state index contributed by atoms with van der Waals surface area (Å²) in [5.41, 5.74) is 1.40. The van der Waals surface area contributed by atoms with Gasteiger partial charge in [-0.1, -0.05) is 54.6 Å². The Morgan fingerprint density at radius 3 is 2.21 bits per heavy atom. The van der Waals surface area contributed by atoms with Crippen molar-refractivity contribution in [1.29, 1.82) is 0 Å². The minimum Gasteiger partial charge on any atom is -0.481 e. The Balaban J connectivity index is 1.67. The normalized spacial score (nSPS) is 23.1. The summed E-state index contributed by atoms with van der Waals surface area (Å²) in [4.78, 5) is 26.2. The summed E-state index contributed by atoms with van der Waals surface area (Å²) in [5.74, 6) is -0.779. The molecule has 0 bridgehead atoms. The average Bonchev–Trinajstić information content (AvgIpc) is 2.70. The Kier molecular flexibility index (Phi) is 4.68. The lowest BCUT2D eigenvalue weighted by Crippen LogP contribution is -2.51. The van der Waals surface area contributed by atoms with Crippen molar-refractivity contribution >= 4 is 11.6 Å². The van der Waals surface area contributed by atoms with Crippen molar-refractivity contribution in [3.8, 4) is 0 Å². The van der Waals surface area contributed by atoms with E-state index in [0.717, 1.165) is 12.8 Å². The predicted octanol–water partition coefficient (Wildman–Crippen LogP) is 4.13. The molecule has 4 rings (SSSR count). The average molecular weight is 376 g/mol. The first-order valence-electron chi connectivity index (χ1n) is 9.74. The molecule has 1 aliphatic carbocycles. The summed E-state index contributed by atoms with van der Waals surface area (Å²) < 4.78 is 5.88. The van der Waals surface area contributed by atoms with E-state index in [1.165, 1.54) is 5.56 Å². The fourth-order valence-corrected chi connectivity index (χ4v) is 4.25. The molecule has 4 heteroatoms. The van der Waals surface area contributed by atoms with E-state index in [-0.39, 0.29) is 17.3 Å². The molecule has 0 aromatic heterocycles. The van der Waals surface area contributed by atoms with Crippen molar-refractivity contribution < 1.29 is 19.4 Å². The molecule has 28 heavy (non-hydrogen) atoms. The maximum absolute atomic E-state index is 13.2. The van der Waals surface area contributed by atoms with Crippen LogP contribution in [0.2, 0.25) is 0 Å². The van der Waals surface area contributed by atoms with Crippen LogP contribution < -0.4 is 0 Å². The van der Waals surface area contributed by atoms with Gasteiger partial charge in [-0.25, -0.2) is 0 Å². The van der Waals surface area contributed by atoms with E-state index in [4.69, 9.17) is 4.74 Å². The number of aliphatic hydroxyl groups excluding tert-OH is 1. The standard InChI is InChI=1S/C24H24O4/c1-24(2)23(27)18(14-8-11-15-9-4-3-5-10-15)19-20(25)16-12-6-7-13-17(16)21(26)22(19)28-24/h3-7,9-10,12-13,18,23,27H,8,11,14H2,1-2H3/t18-,23-/m0/s1. The van der Waals surface area contributed by atoms with Crippen LogP contribution in [0.3, 0.4) is 0 Å². The Labute approximate surface area is 164 Å². The molecule has 0 radical (unpaired) electrons. The van der Waals surface area contributed by atoms with Gasteiger partial charge in [-0.2, -0.15) is 0 Å². The minimum absolute atomic E-state index is 0.115. The molecule has 0 spiro atoms. The molecular formula is C24H24O4. The monoisotopic (exact) mass is 376 g/mol. The molecule has 0 fully saturated rings. The van der Waals surface area contributed by atoms with Crippen molar-refractivity contribution in [3.63, 3.8) is 0 Å². The number of aliphatic hydroxyl groups is 1. The van der Waals surface area contributed by atoms with Crippen LogP contribution in [0, 0.1) is 5.92 Å². The highest BCUT2D eigenvalue weighted by Gasteiger charge is 2.50. The highest BCUT2D eigenvalue weighted by atomic mass is 16.5. The number of ether oxygens (including phenoxy) is 1. The number of carbonyl (C=O) groups excluding carboxylic acids is 2. The van der Waals surface area contributed by atoms with Gasteiger partial charge in [0.2, 0.25) is 5.78 Å². The van der Waals surface area contributed by atoms with Crippen LogP contribution in [-0.2, 0) is 11.2 Å². The topological polar surface area (TPSA) is 63.6 Å². The lowest BCUT2D eigenvalue weighted by molar-refractivity contribution is -0.104. The number of hydrogen-bond acceptors (Lipinski definition) is 4. The zero-order valence-electron chi connectivity index (χ0n) is 16.1. The van der Waals surface area contributed by atoms with E-state index >= 15 is 0 Å². The van der Waals surface area contributed by atoms with Gasteiger partial charge in [0.15, 0.2) is 11.5 Å². The number of fused-ring (bicyclic) bond motifs is 1. The molecule has 2 atom stereocenters. The number of Topliss-reactive ketones (excluding diaryl/α,β-unsaturated/α-hetero) is 2. The highest BCUT2D eigenvalue weighted by molar-refractivity contribution is 6.26. The van der Waals surface area contributed by atoms with E-state index in [9.17, 15) is 14.7 Å². The maximum atomic E-state index is 13.2. The quantitative estimate of drug-likeness (QED) is 0.871. The van der Waals surface area contributed by atoms with Crippen LogP contribution in [-0.4, -0.2) is 28.4 Å². The zero-order chi connectivity index (χ0) is 19.9. The van der Waals surface area contributed by atoms with E-state index in [0.29, 0.717) is 23.1 Å². The van der Waals surface area contributed by atoms with Gasteiger partial charge in [-0.15, -0.1) is 0 Å². The third kappa shape index (κ3) is 3.08. The fraction of sp³-hybridized carbons (Fsp3) is 0.333. The molecule has 0 amide bonds. The summed E-state index contributed by atoms with van der Waals surface area (Å²) in [6.45, 7) is 3.54. The fourth-order valence-electron chi connectivity index (χ4n) is 4.25. The first kappa shape index (κ1) is 18.6. The van der Waals surface area contributed by atoms with E-state index in [2.05, 4.69) is 12.1 Å². The van der Waals surface area contributed by atoms with E-state index in [1.807, 2.05) is 18.2 Å². The number of rotatable bonds is 4. The van der Waals surface area contributed by atoms with Crippen LogP contribution in [0.25, 0.3) is 0 Å². The second kappa shape index (κ2) is 7.02. The number of allylic oxidation sites excluding steroid dienone is 1. The molecular weight excluding hydrogens is 352 g/mol. The number of hydrogen-bond donors (Lipinski definition) is 1. The molecule has 2 aromatic carbocycles. The largest absolute Gasteiger partial charge is 0.481 e. The number of aryl methyl sites for hydroxylation is 1. The van der Waals surface area contributed by atoms with Crippen LogP contribution in [0.5, 0.6) is 0 Å². The van der Waals surface area contributed by atoms with Gasteiger partial charge in [-0.3, -0.25) is 9.59 Å². The number of carbonyl (C=O) groups is 2. The Bertz CT molecular complexity index is 956. The number of ketones is 2. The van der Waals surface area contributed by atoms with E-state index < -0.39 is 17.6 Å². The summed E-state index contributed by atoms with van der Waals surface area (Å²) in [5, 5.41) is 11.0. The molecule has 1 N–H and O–H groups in total. The minimum atomic E-state index is -0.932. The molecule has 2 aromatic rings. The lowest BCUT2D eigenvalue weighted by atomic mass is 9.72. The van der Waals surface area contributed by atoms with Crippen LogP contribution >= 0.6 is 0 Å². The van der Waals surface area contributed by atoms with Gasteiger partial charge < -0.3 is 9.84 Å². The summed E-state index contributed by atoms with van der Waals surface area (Å²) in [6, 6.07) is 17.0. The molecule has 144 valence electrons. The summed E-state index contributed by atoms with van der Waals surface area (Å²) in [6.07, 6.45) is 1.42. The Morgan fingerprint density at radius 1 is 0.929 bits per heavy atom. The first-order valence-corrected chi connectivity index (χ1v) is 9.74. The van der Waals surface area contributed by atoms with Gasteiger partial charge in [0.05, 0.1) is 5.57 Å². The third-order valence-corrected chi connectivity index (χ3v) is 5.76. The third-order valence-electron chi connectivity index (χ3n) is 5.76. The maximum Gasteiger partial charge on any atom is 0.228 e. The molecule has 1 aliphatic heterocycles. The van der Waals surface area contributed by atoms with Crippen LogP contribution in [0.1, 0.15) is 53.0 Å². The summed E-state index contributed by atoms with van der Waals surface area (Å²) >= 11 is 0. The zero-order valence-corrected chi connectivity index (χ0v) is 16.1. The van der Waals surface area contributed by atoms with E-state index in [1.54, 1.807) is 38.1 Å². The van der Waals surface area contributed by atoms with Crippen molar-refractivity contribution in [2.75, 3.05) is 0 Å². The van der Waals surface area contributed by atoms with Crippen LogP contribution in [0.4, 0.5) is 0 Å². The Hall–Kier alpha value is -2.72. The first-order chi connectivity index (χ1) is 13.4. The Morgan fingerprint density at radius 2 is 1.54 bits per heavy atom. The molecule has 0 saturated carbocycles. The summed E-state index contributed by atoms with van der Waals surface area (Å²) in [7, 11) is 0.